The van der Waals surface area contributed by atoms with Crippen LogP contribution in [0.25, 0.3) is 0 Å². The van der Waals surface area contributed by atoms with Crippen LogP contribution < -0.4 is 0 Å². The number of carbonyl (C=O) groups is 4. The largest absolute Gasteiger partial charge is 0.472 e. The number of carbonyl (C=O) groups excluding carboxylic acids is 4. The Morgan fingerprint density at radius 1 is 0.287 bits per heavy atom. The molecular formula is C75H146O17P2. The maximum Gasteiger partial charge on any atom is 0.472 e. The normalized spacial score (nSPS) is 14.0. The first-order valence-electron chi connectivity index (χ1n) is 39.1. The highest BCUT2D eigenvalue weighted by atomic mass is 31.2. The number of hydrogen-bond donors (Lipinski definition) is 3. The molecule has 0 spiro atoms. The minimum atomic E-state index is -4.96. The predicted molar refractivity (Wildman–Crippen MR) is 382 cm³/mol. The summed E-state index contributed by atoms with van der Waals surface area (Å²) in [5.74, 6) is -1.37. The van der Waals surface area contributed by atoms with Gasteiger partial charge in [-0.2, -0.15) is 0 Å². The van der Waals surface area contributed by atoms with E-state index in [4.69, 9.17) is 37.0 Å². The van der Waals surface area contributed by atoms with Crippen LogP contribution in [-0.2, 0) is 65.4 Å². The molecule has 94 heavy (non-hydrogen) atoms. The van der Waals surface area contributed by atoms with Crippen molar-refractivity contribution in [3.05, 3.63) is 0 Å². The zero-order chi connectivity index (χ0) is 69.1. The molecule has 0 aromatic rings. The molecule has 558 valence electrons. The molecule has 0 fully saturated rings. The third-order valence-electron chi connectivity index (χ3n) is 17.5. The molecule has 5 atom stereocenters. The average Bonchev–Trinajstić information content (AvgIpc) is 1.87. The summed E-state index contributed by atoms with van der Waals surface area (Å²) < 4.78 is 68.5. The van der Waals surface area contributed by atoms with E-state index in [1.54, 1.807) is 0 Å². The Balaban J connectivity index is 5.23. The molecule has 0 aliphatic rings. The summed E-state index contributed by atoms with van der Waals surface area (Å²) in [5, 5.41) is 10.6. The van der Waals surface area contributed by atoms with Crippen molar-refractivity contribution in [3.8, 4) is 0 Å². The van der Waals surface area contributed by atoms with Gasteiger partial charge in [0.05, 0.1) is 26.4 Å². The maximum atomic E-state index is 13.1. The van der Waals surface area contributed by atoms with Crippen molar-refractivity contribution in [2.45, 2.75) is 412 Å². The molecule has 0 aliphatic heterocycles. The van der Waals surface area contributed by atoms with Gasteiger partial charge in [-0.3, -0.25) is 37.3 Å². The van der Waals surface area contributed by atoms with E-state index >= 15 is 0 Å². The van der Waals surface area contributed by atoms with Crippen LogP contribution >= 0.6 is 15.6 Å². The fourth-order valence-electron chi connectivity index (χ4n) is 11.5. The number of unbranched alkanes of at least 4 members (excludes halogenated alkanes) is 47. The second-order valence-corrected chi connectivity index (χ2v) is 30.4. The van der Waals surface area contributed by atoms with E-state index in [9.17, 15) is 43.2 Å². The molecular weight excluding hydrogens is 1230 g/mol. The highest BCUT2D eigenvalue weighted by Gasteiger charge is 2.30. The van der Waals surface area contributed by atoms with E-state index in [1.807, 2.05) is 0 Å². The summed E-state index contributed by atoms with van der Waals surface area (Å²) >= 11 is 0. The predicted octanol–water partition coefficient (Wildman–Crippen LogP) is 22.1. The quantitative estimate of drug-likeness (QED) is 0.0222. The van der Waals surface area contributed by atoms with Crippen molar-refractivity contribution in [1.29, 1.82) is 0 Å². The fraction of sp³-hybridized carbons (Fsp3) is 0.947. The van der Waals surface area contributed by atoms with Gasteiger partial charge < -0.3 is 33.8 Å². The van der Waals surface area contributed by atoms with Crippen molar-refractivity contribution < 1.29 is 80.2 Å². The monoisotopic (exact) mass is 1380 g/mol. The molecule has 19 heteroatoms. The lowest BCUT2D eigenvalue weighted by Gasteiger charge is -2.21. The number of aliphatic hydroxyl groups is 1. The van der Waals surface area contributed by atoms with Gasteiger partial charge in [-0.25, -0.2) is 9.13 Å². The maximum absolute atomic E-state index is 13.1. The number of phosphoric acid groups is 2. The third kappa shape index (κ3) is 68.6. The van der Waals surface area contributed by atoms with E-state index in [0.717, 1.165) is 95.8 Å². The van der Waals surface area contributed by atoms with Crippen molar-refractivity contribution in [2.75, 3.05) is 39.6 Å². The molecule has 0 heterocycles. The number of esters is 4. The molecule has 0 rings (SSSR count). The molecule has 0 radical (unpaired) electrons. The van der Waals surface area contributed by atoms with Gasteiger partial charge in [-0.1, -0.05) is 343 Å². The zero-order valence-corrected chi connectivity index (χ0v) is 62.9. The molecule has 0 aromatic heterocycles. The van der Waals surface area contributed by atoms with E-state index in [2.05, 4.69) is 34.6 Å². The van der Waals surface area contributed by atoms with Crippen LogP contribution in [0.1, 0.15) is 394 Å². The second-order valence-electron chi connectivity index (χ2n) is 27.5. The average molecular weight is 1380 g/mol. The van der Waals surface area contributed by atoms with Crippen LogP contribution in [0.3, 0.4) is 0 Å². The number of phosphoric ester groups is 2. The van der Waals surface area contributed by atoms with Crippen LogP contribution in [0.5, 0.6) is 0 Å². The van der Waals surface area contributed by atoms with E-state index in [-0.39, 0.29) is 25.7 Å². The molecule has 0 amide bonds. The first kappa shape index (κ1) is 92.1. The van der Waals surface area contributed by atoms with Gasteiger partial charge in [0, 0.05) is 25.7 Å². The van der Waals surface area contributed by atoms with Gasteiger partial charge in [-0.05, 0) is 31.6 Å². The van der Waals surface area contributed by atoms with Crippen molar-refractivity contribution in [2.24, 2.45) is 5.92 Å². The highest BCUT2D eigenvalue weighted by molar-refractivity contribution is 7.47. The third-order valence-corrected chi connectivity index (χ3v) is 19.4. The summed E-state index contributed by atoms with van der Waals surface area (Å²) in [5.41, 5.74) is 0. The fourth-order valence-corrected chi connectivity index (χ4v) is 13.1. The van der Waals surface area contributed by atoms with Crippen molar-refractivity contribution in [1.82, 2.24) is 0 Å². The molecule has 17 nitrogen and oxygen atoms in total. The minimum Gasteiger partial charge on any atom is -0.462 e. The number of ether oxygens (including phenoxy) is 4. The van der Waals surface area contributed by atoms with Crippen LogP contribution in [0, 0.1) is 5.92 Å². The summed E-state index contributed by atoms with van der Waals surface area (Å²) in [6.07, 6.45) is 56.7. The first-order valence-corrected chi connectivity index (χ1v) is 42.1. The first-order chi connectivity index (χ1) is 45.5. The Morgan fingerprint density at radius 3 is 0.723 bits per heavy atom. The molecule has 0 bridgehead atoms. The van der Waals surface area contributed by atoms with Gasteiger partial charge in [0.15, 0.2) is 12.2 Å². The number of rotatable bonds is 75. The van der Waals surface area contributed by atoms with Crippen molar-refractivity contribution in [3.63, 3.8) is 0 Å². The Hall–Kier alpha value is -1.94. The summed E-state index contributed by atoms with van der Waals surface area (Å²) in [6.45, 7) is 7.27. The SMILES string of the molecule is CCCCCCCCCCCCCCCCCCCCC(=O)O[C@H](COC(=O)CCCCCCCCCCCC(C)C)COP(=O)(O)OC[C@@H](O)COP(=O)(O)OC[C@@H](COC(=O)CCCCCCCCCCCCCC)OC(=O)CCCCCCCCCCCCCC. The van der Waals surface area contributed by atoms with E-state index in [0.29, 0.717) is 25.7 Å². The van der Waals surface area contributed by atoms with Crippen molar-refractivity contribution >= 4 is 39.5 Å². The lowest BCUT2D eigenvalue weighted by Crippen LogP contribution is -2.30. The van der Waals surface area contributed by atoms with Crippen LogP contribution in [0.15, 0.2) is 0 Å². The molecule has 0 saturated heterocycles. The highest BCUT2D eigenvalue weighted by Crippen LogP contribution is 2.45. The van der Waals surface area contributed by atoms with Gasteiger partial charge in [0.2, 0.25) is 0 Å². The van der Waals surface area contributed by atoms with Gasteiger partial charge in [0.25, 0.3) is 0 Å². The smallest absolute Gasteiger partial charge is 0.462 e. The van der Waals surface area contributed by atoms with Gasteiger partial charge in [0.1, 0.15) is 19.3 Å². The van der Waals surface area contributed by atoms with Crippen LogP contribution in [0.4, 0.5) is 0 Å². The Bertz CT molecular complexity index is 1810. The topological polar surface area (TPSA) is 237 Å². The lowest BCUT2D eigenvalue weighted by molar-refractivity contribution is -0.161. The van der Waals surface area contributed by atoms with Gasteiger partial charge >= 0.3 is 39.5 Å². The van der Waals surface area contributed by atoms with Gasteiger partial charge in [-0.15, -0.1) is 0 Å². The standard InChI is InChI=1S/C75H146O17P2/c1-6-9-12-15-18-21-24-27-28-29-30-31-32-35-40-46-51-56-61-75(80)92-71(65-86-73(78)59-54-49-44-41-36-37-42-47-52-57-68(4)5)67-90-94(83,84)88-63-69(76)62-87-93(81,82)89-66-70(91-74(79)60-55-50-45-39-34-26-23-20-17-14-11-8-3)64-85-72(77)58-53-48-43-38-33-25-22-19-16-13-10-7-2/h68-71,76H,6-67H2,1-5H3,(H,81,82)(H,83,84)/t69-,70+,71+/m0/s1. The Kier molecular flexibility index (Phi) is 66.8. The number of aliphatic hydroxyl groups excluding tert-OH is 1. The minimum absolute atomic E-state index is 0.108. The zero-order valence-electron chi connectivity index (χ0n) is 61.1. The Morgan fingerprint density at radius 2 is 0.489 bits per heavy atom. The number of hydrogen-bond acceptors (Lipinski definition) is 15. The molecule has 0 saturated carbocycles. The summed E-state index contributed by atoms with van der Waals surface area (Å²) in [4.78, 5) is 72.8. The second kappa shape index (κ2) is 68.2. The van der Waals surface area contributed by atoms with Crippen LogP contribution in [0.2, 0.25) is 0 Å². The molecule has 0 aromatic carbocycles. The summed E-state index contributed by atoms with van der Waals surface area (Å²) in [6, 6.07) is 0. The molecule has 2 unspecified atom stereocenters. The summed E-state index contributed by atoms with van der Waals surface area (Å²) in [7, 11) is -9.91. The van der Waals surface area contributed by atoms with E-state index in [1.165, 1.54) is 218 Å². The van der Waals surface area contributed by atoms with Crippen LogP contribution in [-0.4, -0.2) is 96.7 Å². The Labute approximate surface area is 575 Å². The molecule has 3 N–H and O–H groups in total. The lowest BCUT2D eigenvalue weighted by atomic mass is 10.0. The van der Waals surface area contributed by atoms with E-state index < -0.39 is 97.5 Å². The molecule has 0 aliphatic carbocycles.